The molecule has 92 valence electrons. The van der Waals surface area contributed by atoms with E-state index in [2.05, 4.69) is 26.5 Å². The van der Waals surface area contributed by atoms with Crippen molar-refractivity contribution in [3.8, 4) is 0 Å². The predicted molar refractivity (Wildman–Crippen MR) is 76.5 cm³/mol. The van der Waals surface area contributed by atoms with Gasteiger partial charge in [-0.25, -0.2) is 4.39 Å². The molecule has 0 saturated carbocycles. The fraction of sp³-hybridized carbons (Fsp3) is 0.0714. The van der Waals surface area contributed by atoms with Crippen LogP contribution >= 0.6 is 15.9 Å². The number of hydrogen-bond acceptors (Lipinski definition) is 2. The van der Waals surface area contributed by atoms with Gasteiger partial charge >= 0.3 is 0 Å². The third-order valence-electron chi connectivity index (χ3n) is 2.38. The van der Waals surface area contributed by atoms with Gasteiger partial charge < -0.3 is 0 Å². The molecule has 4 heteroatoms. The molecular formula is C14H12BrFN2. The second-order valence-corrected chi connectivity index (χ2v) is 4.82. The lowest BCUT2D eigenvalue weighted by atomic mass is 10.2. The molecule has 2 nitrogen and oxygen atoms in total. The molecule has 0 fully saturated rings. The van der Waals surface area contributed by atoms with E-state index in [1.165, 1.54) is 12.3 Å². The topological polar surface area (TPSA) is 24.4 Å². The Labute approximate surface area is 114 Å². The Morgan fingerprint density at radius 1 is 1.22 bits per heavy atom. The van der Waals surface area contributed by atoms with E-state index in [1.807, 2.05) is 31.2 Å². The number of benzene rings is 2. The number of anilines is 1. The summed E-state index contributed by atoms with van der Waals surface area (Å²) in [5, 5.41) is 4.01. The van der Waals surface area contributed by atoms with Crippen molar-refractivity contribution in [1.29, 1.82) is 0 Å². The zero-order chi connectivity index (χ0) is 13.0. The number of hydrogen-bond donors (Lipinski definition) is 1. The van der Waals surface area contributed by atoms with Gasteiger partial charge in [0.25, 0.3) is 0 Å². The van der Waals surface area contributed by atoms with Crippen molar-refractivity contribution in [2.24, 2.45) is 5.10 Å². The van der Waals surface area contributed by atoms with Crippen LogP contribution in [0.5, 0.6) is 0 Å². The third-order valence-corrected chi connectivity index (χ3v) is 2.87. The number of halogens is 2. The van der Waals surface area contributed by atoms with E-state index < -0.39 is 0 Å². The summed E-state index contributed by atoms with van der Waals surface area (Å²) in [7, 11) is 0. The molecule has 0 aromatic heterocycles. The van der Waals surface area contributed by atoms with Crippen molar-refractivity contribution < 1.29 is 4.39 Å². The SMILES string of the molecule is Cc1cccc(N/N=C\c2ccc(Br)cc2F)c1. The molecule has 2 rings (SSSR count). The number of hydrazone groups is 1. The lowest BCUT2D eigenvalue weighted by Crippen LogP contribution is -1.93. The molecule has 0 bridgehead atoms. The van der Waals surface area contributed by atoms with Crippen LogP contribution < -0.4 is 5.43 Å². The first-order valence-corrected chi connectivity index (χ1v) is 6.25. The van der Waals surface area contributed by atoms with E-state index in [9.17, 15) is 4.39 Å². The first kappa shape index (κ1) is 12.8. The van der Waals surface area contributed by atoms with Crippen molar-refractivity contribution in [2.75, 3.05) is 5.43 Å². The van der Waals surface area contributed by atoms with Gasteiger partial charge in [0.15, 0.2) is 0 Å². The molecule has 0 radical (unpaired) electrons. The van der Waals surface area contributed by atoms with Crippen LogP contribution in [0.3, 0.4) is 0 Å². The van der Waals surface area contributed by atoms with E-state index in [4.69, 9.17) is 0 Å². The highest BCUT2D eigenvalue weighted by molar-refractivity contribution is 9.10. The average Bonchev–Trinajstić information content (AvgIpc) is 2.32. The molecule has 0 aliphatic heterocycles. The van der Waals surface area contributed by atoms with E-state index >= 15 is 0 Å². The van der Waals surface area contributed by atoms with Gasteiger partial charge in [0, 0.05) is 10.0 Å². The fourth-order valence-electron chi connectivity index (χ4n) is 1.50. The standard InChI is InChI=1S/C14H12BrFN2/c1-10-3-2-4-13(7-10)18-17-9-11-5-6-12(15)8-14(11)16/h2-9,18H,1H3/b17-9-. The van der Waals surface area contributed by atoms with Crippen LogP contribution in [0.2, 0.25) is 0 Å². The summed E-state index contributed by atoms with van der Waals surface area (Å²) < 4.78 is 14.2. The fourth-order valence-corrected chi connectivity index (χ4v) is 1.83. The van der Waals surface area contributed by atoms with Crippen LogP contribution in [-0.2, 0) is 0 Å². The lowest BCUT2D eigenvalue weighted by molar-refractivity contribution is 0.625. The van der Waals surface area contributed by atoms with Crippen molar-refractivity contribution >= 4 is 27.8 Å². The van der Waals surface area contributed by atoms with Crippen LogP contribution in [0.15, 0.2) is 52.0 Å². The quantitative estimate of drug-likeness (QED) is 0.662. The number of nitrogens with zero attached hydrogens (tertiary/aromatic N) is 1. The summed E-state index contributed by atoms with van der Waals surface area (Å²) in [5.41, 5.74) is 5.33. The van der Waals surface area contributed by atoms with Gasteiger partial charge in [-0.3, -0.25) is 5.43 Å². The zero-order valence-corrected chi connectivity index (χ0v) is 11.4. The smallest absolute Gasteiger partial charge is 0.133 e. The van der Waals surface area contributed by atoms with Crippen LogP contribution in [0.1, 0.15) is 11.1 Å². The van der Waals surface area contributed by atoms with Crippen LogP contribution in [0, 0.1) is 12.7 Å². The summed E-state index contributed by atoms with van der Waals surface area (Å²) >= 11 is 3.21. The molecular weight excluding hydrogens is 295 g/mol. The van der Waals surface area contributed by atoms with Crippen LogP contribution in [-0.4, -0.2) is 6.21 Å². The lowest BCUT2D eigenvalue weighted by Gasteiger charge is -2.01. The molecule has 2 aromatic rings. The van der Waals surface area contributed by atoms with Crippen LogP contribution in [0.4, 0.5) is 10.1 Å². The average molecular weight is 307 g/mol. The first-order chi connectivity index (χ1) is 8.65. The van der Waals surface area contributed by atoms with E-state index in [0.717, 1.165) is 11.3 Å². The normalized spacial score (nSPS) is 10.8. The van der Waals surface area contributed by atoms with E-state index in [0.29, 0.717) is 10.0 Å². The summed E-state index contributed by atoms with van der Waals surface area (Å²) in [4.78, 5) is 0. The largest absolute Gasteiger partial charge is 0.278 e. The van der Waals surface area contributed by atoms with Crippen molar-refractivity contribution in [3.63, 3.8) is 0 Å². The van der Waals surface area contributed by atoms with Crippen molar-refractivity contribution in [3.05, 3.63) is 63.9 Å². The second-order valence-electron chi connectivity index (χ2n) is 3.91. The Morgan fingerprint density at radius 2 is 2.06 bits per heavy atom. The molecule has 0 saturated heterocycles. The maximum absolute atomic E-state index is 13.5. The summed E-state index contributed by atoms with van der Waals surface area (Å²) in [6.45, 7) is 2.00. The second kappa shape index (κ2) is 5.78. The minimum atomic E-state index is -0.306. The highest BCUT2D eigenvalue weighted by Crippen LogP contribution is 2.14. The number of nitrogens with one attached hydrogen (secondary N) is 1. The molecule has 0 spiro atoms. The van der Waals surface area contributed by atoms with Crippen LogP contribution in [0.25, 0.3) is 0 Å². The Bertz CT molecular complexity index is 582. The summed E-state index contributed by atoms with van der Waals surface area (Å²) in [6.07, 6.45) is 1.46. The molecule has 18 heavy (non-hydrogen) atoms. The van der Waals surface area contributed by atoms with Gasteiger partial charge in [0.05, 0.1) is 11.9 Å². The maximum Gasteiger partial charge on any atom is 0.133 e. The van der Waals surface area contributed by atoms with E-state index in [1.54, 1.807) is 12.1 Å². The monoisotopic (exact) mass is 306 g/mol. The highest BCUT2D eigenvalue weighted by Gasteiger charge is 1.99. The minimum Gasteiger partial charge on any atom is -0.278 e. The highest BCUT2D eigenvalue weighted by atomic mass is 79.9. The Kier molecular flexibility index (Phi) is 4.10. The van der Waals surface area contributed by atoms with Gasteiger partial charge in [-0.1, -0.05) is 28.1 Å². The maximum atomic E-state index is 13.5. The zero-order valence-electron chi connectivity index (χ0n) is 9.82. The Balaban J connectivity index is 2.07. The predicted octanol–water partition coefficient (Wildman–Crippen LogP) is 4.34. The van der Waals surface area contributed by atoms with Gasteiger partial charge in [-0.2, -0.15) is 5.10 Å². The molecule has 0 unspecified atom stereocenters. The number of aryl methyl sites for hydroxylation is 1. The first-order valence-electron chi connectivity index (χ1n) is 5.46. The summed E-state index contributed by atoms with van der Waals surface area (Å²) in [6, 6.07) is 12.7. The third kappa shape index (κ3) is 3.40. The van der Waals surface area contributed by atoms with Gasteiger partial charge in [0.2, 0.25) is 0 Å². The van der Waals surface area contributed by atoms with Gasteiger partial charge in [-0.15, -0.1) is 0 Å². The Morgan fingerprint density at radius 3 is 2.78 bits per heavy atom. The Hall–Kier alpha value is -1.68. The molecule has 0 amide bonds. The van der Waals surface area contributed by atoms with Crippen molar-refractivity contribution in [1.82, 2.24) is 0 Å². The van der Waals surface area contributed by atoms with Crippen molar-refractivity contribution in [2.45, 2.75) is 6.92 Å². The minimum absolute atomic E-state index is 0.306. The molecule has 1 N–H and O–H groups in total. The molecule has 2 aromatic carbocycles. The molecule has 0 heterocycles. The molecule has 0 aliphatic rings. The number of rotatable bonds is 3. The molecule has 0 aliphatic carbocycles. The molecule has 0 atom stereocenters. The van der Waals surface area contributed by atoms with Gasteiger partial charge in [-0.05, 0) is 42.8 Å². The van der Waals surface area contributed by atoms with Gasteiger partial charge in [0.1, 0.15) is 5.82 Å². The van der Waals surface area contributed by atoms with E-state index in [-0.39, 0.29) is 5.82 Å². The summed E-state index contributed by atoms with van der Waals surface area (Å²) in [5.74, 6) is -0.306.